The molecule has 0 aromatic carbocycles. The van der Waals surface area contributed by atoms with Crippen molar-refractivity contribution in [3.05, 3.63) is 16.1 Å². The molecule has 0 radical (unpaired) electrons. The molecule has 1 N–H and O–H groups in total. The molecule has 2 heterocycles. The predicted octanol–water partition coefficient (Wildman–Crippen LogP) is 0.639. The number of nitrogens with zero attached hydrogens (tertiary/aromatic N) is 1. The minimum atomic E-state index is -0.0670. The fraction of sp³-hybridized carbons (Fsp3) is 0.500. The molecule has 0 saturated carbocycles. The van der Waals surface area contributed by atoms with Crippen molar-refractivity contribution in [3.8, 4) is 0 Å². The molecular weight excluding hydrogens is 188 g/mol. The first-order valence-corrected chi connectivity index (χ1v) is 4.94. The SMILES string of the molecule is Cc1nc(C2CNC(=O)CO2)cs1. The van der Waals surface area contributed by atoms with Crippen molar-refractivity contribution in [2.24, 2.45) is 0 Å². The first-order chi connectivity index (χ1) is 6.25. The minimum Gasteiger partial charge on any atom is -0.360 e. The highest BCUT2D eigenvalue weighted by Crippen LogP contribution is 2.20. The zero-order valence-corrected chi connectivity index (χ0v) is 8.06. The Morgan fingerprint density at radius 3 is 3.15 bits per heavy atom. The van der Waals surface area contributed by atoms with E-state index in [0.717, 1.165) is 10.7 Å². The molecule has 1 fully saturated rings. The fourth-order valence-electron chi connectivity index (χ4n) is 1.21. The smallest absolute Gasteiger partial charge is 0.246 e. The van der Waals surface area contributed by atoms with E-state index in [4.69, 9.17) is 4.74 Å². The quantitative estimate of drug-likeness (QED) is 0.720. The van der Waals surface area contributed by atoms with Gasteiger partial charge >= 0.3 is 0 Å². The van der Waals surface area contributed by atoms with Gasteiger partial charge in [0.25, 0.3) is 0 Å². The number of nitrogens with one attached hydrogen (secondary N) is 1. The van der Waals surface area contributed by atoms with E-state index in [0.29, 0.717) is 6.54 Å². The average Bonchev–Trinajstić information content (AvgIpc) is 2.53. The summed E-state index contributed by atoms with van der Waals surface area (Å²) in [7, 11) is 0. The second-order valence-electron chi connectivity index (χ2n) is 2.90. The highest BCUT2D eigenvalue weighted by atomic mass is 32.1. The van der Waals surface area contributed by atoms with E-state index in [9.17, 15) is 4.79 Å². The van der Waals surface area contributed by atoms with Gasteiger partial charge in [-0.2, -0.15) is 0 Å². The van der Waals surface area contributed by atoms with Crippen molar-refractivity contribution in [3.63, 3.8) is 0 Å². The highest BCUT2D eigenvalue weighted by molar-refractivity contribution is 7.09. The van der Waals surface area contributed by atoms with Crippen molar-refractivity contribution in [2.45, 2.75) is 13.0 Å². The molecule has 5 heteroatoms. The van der Waals surface area contributed by atoms with E-state index < -0.39 is 0 Å². The molecule has 2 rings (SSSR count). The van der Waals surface area contributed by atoms with Crippen LogP contribution in [0.2, 0.25) is 0 Å². The van der Waals surface area contributed by atoms with Gasteiger partial charge < -0.3 is 10.1 Å². The van der Waals surface area contributed by atoms with Gasteiger partial charge in [-0.05, 0) is 6.92 Å². The molecule has 0 aliphatic carbocycles. The van der Waals surface area contributed by atoms with Crippen LogP contribution in [0.3, 0.4) is 0 Å². The summed E-state index contributed by atoms with van der Waals surface area (Å²) in [5, 5.41) is 5.73. The second-order valence-corrected chi connectivity index (χ2v) is 3.96. The van der Waals surface area contributed by atoms with Crippen LogP contribution in [-0.4, -0.2) is 24.0 Å². The Bertz CT molecular complexity index is 314. The molecular formula is C8H10N2O2S. The number of carbonyl (C=O) groups excluding carboxylic acids is 1. The molecule has 0 bridgehead atoms. The van der Waals surface area contributed by atoms with Crippen LogP contribution in [0.4, 0.5) is 0 Å². The molecule has 1 aliphatic heterocycles. The lowest BCUT2D eigenvalue weighted by Crippen LogP contribution is -2.38. The molecule has 1 aromatic heterocycles. The minimum absolute atomic E-state index is 0.0526. The first-order valence-electron chi connectivity index (χ1n) is 4.06. The number of rotatable bonds is 1. The third kappa shape index (κ3) is 1.87. The van der Waals surface area contributed by atoms with E-state index in [1.165, 1.54) is 0 Å². The standard InChI is InChI=1S/C8H10N2O2S/c1-5-10-6(4-13-5)7-2-9-8(11)3-12-7/h4,7H,2-3H2,1H3,(H,9,11). The van der Waals surface area contributed by atoms with Crippen molar-refractivity contribution >= 4 is 17.2 Å². The van der Waals surface area contributed by atoms with Gasteiger partial charge in [0.05, 0.1) is 10.7 Å². The van der Waals surface area contributed by atoms with Crippen LogP contribution in [0.1, 0.15) is 16.8 Å². The summed E-state index contributed by atoms with van der Waals surface area (Å²) in [6.45, 7) is 2.62. The van der Waals surface area contributed by atoms with E-state index >= 15 is 0 Å². The maximum Gasteiger partial charge on any atom is 0.246 e. The number of aromatic nitrogens is 1. The number of carbonyl (C=O) groups is 1. The largest absolute Gasteiger partial charge is 0.360 e. The van der Waals surface area contributed by atoms with Crippen LogP contribution in [0.25, 0.3) is 0 Å². The van der Waals surface area contributed by atoms with Crippen LogP contribution in [-0.2, 0) is 9.53 Å². The van der Waals surface area contributed by atoms with Gasteiger partial charge in [-0.15, -0.1) is 11.3 Å². The highest BCUT2D eigenvalue weighted by Gasteiger charge is 2.21. The zero-order chi connectivity index (χ0) is 9.26. The average molecular weight is 198 g/mol. The topological polar surface area (TPSA) is 51.2 Å². The van der Waals surface area contributed by atoms with Gasteiger partial charge in [-0.25, -0.2) is 4.98 Å². The number of morpholine rings is 1. The van der Waals surface area contributed by atoms with E-state index in [1.54, 1.807) is 11.3 Å². The van der Waals surface area contributed by atoms with Gasteiger partial charge in [0, 0.05) is 11.9 Å². The normalized spacial score (nSPS) is 22.8. The Morgan fingerprint density at radius 1 is 1.77 bits per heavy atom. The summed E-state index contributed by atoms with van der Waals surface area (Å²) >= 11 is 1.60. The van der Waals surface area contributed by atoms with Crippen LogP contribution >= 0.6 is 11.3 Å². The Kier molecular flexibility index (Phi) is 2.28. The van der Waals surface area contributed by atoms with Crippen LogP contribution in [0.5, 0.6) is 0 Å². The lowest BCUT2D eigenvalue weighted by molar-refractivity contribution is -0.133. The Morgan fingerprint density at radius 2 is 2.62 bits per heavy atom. The van der Waals surface area contributed by atoms with E-state index in [1.807, 2.05) is 12.3 Å². The lowest BCUT2D eigenvalue weighted by Gasteiger charge is -2.21. The third-order valence-corrected chi connectivity index (χ3v) is 2.66. The van der Waals surface area contributed by atoms with Crippen molar-refractivity contribution in [2.75, 3.05) is 13.2 Å². The van der Waals surface area contributed by atoms with Gasteiger partial charge in [0.2, 0.25) is 5.91 Å². The Labute approximate surface area is 79.9 Å². The van der Waals surface area contributed by atoms with Gasteiger partial charge in [-0.1, -0.05) is 0 Å². The summed E-state index contributed by atoms with van der Waals surface area (Å²) < 4.78 is 5.32. The summed E-state index contributed by atoms with van der Waals surface area (Å²) in [6, 6.07) is 0. The molecule has 1 unspecified atom stereocenters. The Balaban J connectivity index is 2.06. The number of aryl methyl sites for hydroxylation is 1. The summed E-state index contributed by atoms with van der Waals surface area (Å²) in [6.07, 6.45) is -0.0670. The number of hydrogen-bond acceptors (Lipinski definition) is 4. The van der Waals surface area contributed by atoms with E-state index in [2.05, 4.69) is 10.3 Å². The molecule has 1 aliphatic rings. The number of ether oxygens (including phenoxy) is 1. The molecule has 1 aromatic rings. The maximum atomic E-state index is 10.8. The van der Waals surface area contributed by atoms with Gasteiger partial charge in [0.1, 0.15) is 12.7 Å². The summed E-state index contributed by atoms with van der Waals surface area (Å²) in [5.41, 5.74) is 0.919. The molecule has 70 valence electrons. The maximum absolute atomic E-state index is 10.8. The molecule has 1 amide bonds. The summed E-state index contributed by atoms with van der Waals surface area (Å²) in [4.78, 5) is 15.1. The van der Waals surface area contributed by atoms with Crippen LogP contribution in [0.15, 0.2) is 5.38 Å². The van der Waals surface area contributed by atoms with Crippen LogP contribution in [0, 0.1) is 6.92 Å². The fourth-order valence-corrected chi connectivity index (χ4v) is 1.86. The monoisotopic (exact) mass is 198 g/mol. The van der Waals surface area contributed by atoms with Crippen molar-refractivity contribution < 1.29 is 9.53 Å². The zero-order valence-electron chi connectivity index (χ0n) is 7.24. The number of hydrogen-bond donors (Lipinski definition) is 1. The van der Waals surface area contributed by atoms with Crippen LogP contribution < -0.4 is 5.32 Å². The predicted molar refractivity (Wildman–Crippen MR) is 48.6 cm³/mol. The number of amides is 1. The molecule has 4 nitrogen and oxygen atoms in total. The lowest BCUT2D eigenvalue weighted by atomic mass is 10.2. The van der Waals surface area contributed by atoms with Crippen molar-refractivity contribution in [1.82, 2.24) is 10.3 Å². The first kappa shape index (κ1) is 8.65. The molecule has 1 atom stereocenters. The number of thiazole rings is 1. The molecule has 1 saturated heterocycles. The third-order valence-electron chi connectivity index (χ3n) is 1.87. The molecule has 0 spiro atoms. The summed E-state index contributed by atoms with van der Waals surface area (Å²) in [5.74, 6) is -0.0526. The van der Waals surface area contributed by atoms with Gasteiger partial charge in [0.15, 0.2) is 0 Å². The Hall–Kier alpha value is -0.940. The van der Waals surface area contributed by atoms with Crippen molar-refractivity contribution in [1.29, 1.82) is 0 Å². The second kappa shape index (κ2) is 3.43. The van der Waals surface area contributed by atoms with Gasteiger partial charge in [-0.3, -0.25) is 4.79 Å². The molecule has 13 heavy (non-hydrogen) atoms. The van der Waals surface area contributed by atoms with E-state index in [-0.39, 0.29) is 18.6 Å².